The van der Waals surface area contributed by atoms with E-state index in [-0.39, 0.29) is 23.9 Å². The van der Waals surface area contributed by atoms with Gasteiger partial charge in [0, 0.05) is 31.4 Å². The largest absolute Gasteiger partial charge is 0.457 e. The van der Waals surface area contributed by atoms with Crippen molar-refractivity contribution in [2.75, 3.05) is 23.3 Å². The molecule has 2 aromatic carbocycles. The number of nitrogens with one attached hydrogen (secondary N) is 2. The van der Waals surface area contributed by atoms with Crippen molar-refractivity contribution in [2.45, 2.75) is 18.9 Å². The van der Waals surface area contributed by atoms with Gasteiger partial charge in [-0.25, -0.2) is 9.78 Å². The molecule has 9 nitrogen and oxygen atoms in total. The van der Waals surface area contributed by atoms with Crippen LogP contribution in [0.25, 0.3) is 10.2 Å². The van der Waals surface area contributed by atoms with Crippen LogP contribution in [0.5, 0.6) is 11.5 Å². The third-order valence-electron chi connectivity index (χ3n) is 6.75. The van der Waals surface area contributed by atoms with Crippen LogP contribution in [0.2, 0.25) is 0 Å². The number of anilines is 3. The van der Waals surface area contributed by atoms with Gasteiger partial charge in [0.2, 0.25) is 5.91 Å². The third kappa shape index (κ3) is 4.70. The van der Waals surface area contributed by atoms with Gasteiger partial charge in [-0.1, -0.05) is 30.8 Å². The highest BCUT2D eigenvalue weighted by atomic mass is 32.1. The Hall–Kier alpha value is -4.70. The predicted molar refractivity (Wildman–Crippen MR) is 151 cm³/mol. The van der Waals surface area contributed by atoms with Crippen LogP contribution in [0, 0.1) is 0 Å². The van der Waals surface area contributed by atoms with Crippen LogP contribution in [-0.4, -0.2) is 46.9 Å². The second kappa shape index (κ2) is 10.2. The molecule has 1 atom stereocenters. The summed E-state index contributed by atoms with van der Waals surface area (Å²) in [5.41, 5.74) is 1.69. The maximum absolute atomic E-state index is 13.5. The minimum atomic E-state index is -0.389. The molecular formula is C29H25N5O4S. The number of para-hydroxylation sites is 1. The fourth-order valence-corrected chi connectivity index (χ4v) is 6.01. The van der Waals surface area contributed by atoms with Gasteiger partial charge < -0.3 is 20.3 Å². The SMILES string of the molecule is C=CC(=O)N1CCCC(NC(=O)c2sc3nccc4c3c2NC(=O)N4c2cccc(Oc3ccccc3)c2)C1. The van der Waals surface area contributed by atoms with Gasteiger partial charge in [-0.2, -0.15) is 0 Å². The number of pyridine rings is 1. The van der Waals surface area contributed by atoms with E-state index in [4.69, 9.17) is 4.74 Å². The lowest BCUT2D eigenvalue weighted by Crippen LogP contribution is -2.49. The molecular weight excluding hydrogens is 514 g/mol. The molecule has 1 fully saturated rings. The van der Waals surface area contributed by atoms with Crippen molar-refractivity contribution in [2.24, 2.45) is 0 Å². The Labute approximate surface area is 228 Å². The minimum absolute atomic E-state index is 0.148. The van der Waals surface area contributed by atoms with Crippen LogP contribution in [0.3, 0.4) is 0 Å². The summed E-state index contributed by atoms with van der Waals surface area (Å²) in [6, 6.07) is 17.9. The summed E-state index contributed by atoms with van der Waals surface area (Å²) in [6.45, 7) is 4.61. The molecule has 39 heavy (non-hydrogen) atoms. The maximum atomic E-state index is 13.5. The van der Waals surface area contributed by atoms with E-state index in [1.54, 1.807) is 28.1 Å². The van der Waals surface area contributed by atoms with Crippen LogP contribution in [0.4, 0.5) is 21.9 Å². The molecule has 1 saturated heterocycles. The zero-order valence-electron chi connectivity index (χ0n) is 20.9. The molecule has 6 rings (SSSR count). The number of hydrogen-bond acceptors (Lipinski definition) is 6. The average Bonchev–Trinajstić information content (AvgIpc) is 3.33. The predicted octanol–water partition coefficient (Wildman–Crippen LogP) is 5.68. The Morgan fingerprint density at radius 1 is 1.13 bits per heavy atom. The zero-order chi connectivity index (χ0) is 26.9. The first-order chi connectivity index (χ1) is 19.0. The Balaban J connectivity index is 1.30. The summed E-state index contributed by atoms with van der Waals surface area (Å²) >= 11 is 1.23. The highest BCUT2D eigenvalue weighted by Crippen LogP contribution is 2.46. The van der Waals surface area contributed by atoms with Crippen molar-refractivity contribution in [1.29, 1.82) is 0 Å². The van der Waals surface area contributed by atoms with Gasteiger partial charge in [-0.05, 0) is 49.2 Å². The van der Waals surface area contributed by atoms with Gasteiger partial charge in [0.1, 0.15) is 21.2 Å². The lowest BCUT2D eigenvalue weighted by Gasteiger charge is -2.32. The zero-order valence-corrected chi connectivity index (χ0v) is 21.7. The van der Waals surface area contributed by atoms with Gasteiger partial charge in [0.05, 0.1) is 22.4 Å². The number of likely N-dealkylation sites (tertiary alicyclic amines) is 1. The molecule has 0 saturated carbocycles. The molecule has 0 bridgehead atoms. The second-order valence-corrected chi connectivity index (χ2v) is 10.3. The number of thiophene rings is 1. The highest BCUT2D eigenvalue weighted by Gasteiger charge is 2.34. The first-order valence-electron chi connectivity index (χ1n) is 12.6. The number of amides is 4. The number of hydrogen-bond donors (Lipinski definition) is 2. The molecule has 0 radical (unpaired) electrons. The van der Waals surface area contributed by atoms with E-state index in [0.29, 0.717) is 56.7 Å². The van der Waals surface area contributed by atoms with Crippen LogP contribution in [0.1, 0.15) is 22.5 Å². The lowest BCUT2D eigenvalue weighted by atomic mass is 10.1. The minimum Gasteiger partial charge on any atom is -0.457 e. The number of ether oxygens (including phenoxy) is 1. The number of rotatable bonds is 6. The normalized spacial score (nSPS) is 16.5. The molecule has 0 aliphatic carbocycles. The lowest BCUT2D eigenvalue weighted by molar-refractivity contribution is -0.127. The summed E-state index contributed by atoms with van der Waals surface area (Å²) < 4.78 is 5.97. The Bertz CT molecular complexity index is 1600. The van der Waals surface area contributed by atoms with Gasteiger partial charge in [0.25, 0.3) is 5.91 Å². The van der Waals surface area contributed by atoms with Crippen molar-refractivity contribution < 1.29 is 19.1 Å². The summed E-state index contributed by atoms with van der Waals surface area (Å²) in [5, 5.41) is 6.67. The van der Waals surface area contributed by atoms with Crippen molar-refractivity contribution in [3.05, 3.63) is 84.4 Å². The number of nitrogens with zero attached hydrogens (tertiary/aromatic N) is 3. The standard InChI is InChI=1S/C29H25N5O4S/c1-2-23(35)33-15-7-8-18(17-33)31-27(36)26-25-24-22(13-14-30-28(24)39-26)34(29(37)32-25)19-9-6-12-21(16-19)38-20-10-4-3-5-11-20/h2-6,9-14,16,18H,1,7-8,15,17H2,(H,31,36)(H,32,37). The Kier molecular flexibility index (Phi) is 6.45. The third-order valence-corrected chi connectivity index (χ3v) is 7.85. The summed E-state index contributed by atoms with van der Waals surface area (Å²) in [6.07, 6.45) is 4.47. The maximum Gasteiger partial charge on any atom is 0.331 e. The Morgan fingerprint density at radius 3 is 2.77 bits per heavy atom. The highest BCUT2D eigenvalue weighted by molar-refractivity contribution is 7.21. The van der Waals surface area contributed by atoms with Gasteiger partial charge in [-0.3, -0.25) is 14.5 Å². The summed E-state index contributed by atoms with van der Waals surface area (Å²) in [5.74, 6) is 0.827. The molecule has 10 heteroatoms. The van der Waals surface area contributed by atoms with Crippen LogP contribution in [0.15, 0.2) is 79.5 Å². The van der Waals surface area contributed by atoms with Crippen molar-refractivity contribution in [3.8, 4) is 11.5 Å². The fourth-order valence-electron chi connectivity index (χ4n) is 4.99. The van der Waals surface area contributed by atoms with Gasteiger partial charge in [0.15, 0.2) is 0 Å². The van der Waals surface area contributed by atoms with E-state index >= 15 is 0 Å². The van der Waals surface area contributed by atoms with Crippen molar-refractivity contribution in [1.82, 2.24) is 15.2 Å². The second-order valence-electron chi connectivity index (χ2n) is 9.30. The van der Waals surface area contributed by atoms with E-state index < -0.39 is 0 Å². The van der Waals surface area contributed by atoms with E-state index in [1.165, 1.54) is 17.4 Å². The topological polar surface area (TPSA) is 104 Å². The van der Waals surface area contributed by atoms with Crippen molar-refractivity contribution >= 4 is 56.5 Å². The quantitative estimate of drug-likeness (QED) is 0.307. The Morgan fingerprint density at radius 2 is 1.95 bits per heavy atom. The molecule has 2 aliphatic heterocycles. The van der Waals surface area contributed by atoms with Gasteiger partial charge in [-0.15, -0.1) is 11.3 Å². The van der Waals surface area contributed by atoms with E-state index in [2.05, 4.69) is 22.2 Å². The molecule has 4 heterocycles. The average molecular weight is 540 g/mol. The monoisotopic (exact) mass is 539 g/mol. The van der Waals surface area contributed by atoms with E-state index in [9.17, 15) is 14.4 Å². The van der Waals surface area contributed by atoms with E-state index in [0.717, 1.165) is 12.8 Å². The summed E-state index contributed by atoms with van der Waals surface area (Å²) in [7, 11) is 0. The number of piperidine rings is 1. The number of urea groups is 1. The molecule has 196 valence electrons. The number of carbonyl (C=O) groups is 3. The van der Waals surface area contributed by atoms with Crippen LogP contribution < -0.4 is 20.3 Å². The molecule has 2 N–H and O–H groups in total. The smallest absolute Gasteiger partial charge is 0.331 e. The summed E-state index contributed by atoms with van der Waals surface area (Å²) in [4.78, 5) is 47.6. The fraction of sp³-hybridized carbons (Fsp3) is 0.172. The first-order valence-corrected chi connectivity index (χ1v) is 13.4. The molecule has 4 aromatic rings. The number of aromatic nitrogens is 1. The molecule has 4 amide bonds. The molecule has 0 spiro atoms. The number of carbonyl (C=O) groups excluding carboxylic acids is 3. The van der Waals surface area contributed by atoms with Gasteiger partial charge >= 0.3 is 6.03 Å². The van der Waals surface area contributed by atoms with E-state index in [1.807, 2.05) is 48.5 Å². The van der Waals surface area contributed by atoms with Crippen LogP contribution >= 0.6 is 11.3 Å². The molecule has 2 aromatic heterocycles. The molecule has 1 unspecified atom stereocenters. The first kappa shape index (κ1) is 24.6. The van der Waals surface area contributed by atoms with Crippen LogP contribution in [-0.2, 0) is 4.79 Å². The molecule has 2 aliphatic rings. The van der Waals surface area contributed by atoms with Crippen molar-refractivity contribution in [3.63, 3.8) is 0 Å². The number of benzene rings is 2.